The molecule has 1 N–H and O–H groups in total. The zero-order valence-electron chi connectivity index (χ0n) is 11.7. The maximum absolute atomic E-state index is 12.0. The number of hydrogen-bond donors (Lipinski definition) is 1. The molecule has 0 saturated heterocycles. The predicted octanol–water partition coefficient (Wildman–Crippen LogP) is 2.11. The molecule has 5 nitrogen and oxygen atoms in total. The van der Waals surface area contributed by atoms with Gasteiger partial charge in [0.2, 0.25) is 5.91 Å². The molecule has 0 radical (unpaired) electrons. The molecule has 0 spiro atoms. The van der Waals surface area contributed by atoms with Crippen molar-refractivity contribution in [3.05, 3.63) is 24.3 Å². The van der Waals surface area contributed by atoms with Crippen molar-refractivity contribution in [1.82, 2.24) is 4.90 Å². The Morgan fingerprint density at radius 2 is 1.95 bits per heavy atom. The van der Waals surface area contributed by atoms with Crippen LogP contribution in [0.25, 0.3) is 0 Å². The van der Waals surface area contributed by atoms with Crippen LogP contribution in [0.5, 0.6) is 5.75 Å². The van der Waals surface area contributed by atoms with Crippen LogP contribution in [-0.4, -0.2) is 47.8 Å². The van der Waals surface area contributed by atoms with E-state index in [9.17, 15) is 9.59 Å². The number of carbonyl (C=O) groups is 2. The second-order valence-electron chi connectivity index (χ2n) is 4.17. The van der Waals surface area contributed by atoms with Crippen molar-refractivity contribution in [2.75, 3.05) is 26.0 Å². The van der Waals surface area contributed by atoms with Gasteiger partial charge in [-0.05, 0) is 30.7 Å². The summed E-state index contributed by atoms with van der Waals surface area (Å²) < 4.78 is 5.06. The van der Waals surface area contributed by atoms with Gasteiger partial charge in [0.1, 0.15) is 12.3 Å². The molecule has 0 aliphatic carbocycles. The number of carboxylic acid groups (broad SMARTS) is 1. The molecule has 0 aliphatic rings. The number of amides is 1. The molecule has 1 aromatic carbocycles. The van der Waals surface area contributed by atoms with Gasteiger partial charge < -0.3 is 14.7 Å². The largest absolute Gasteiger partial charge is 0.497 e. The molecule has 0 aromatic heterocycles. The molecule has 1 rings (SSSR count). The summed E-state index contributed by atoms with van der Waals surface area (Å²) in [6.45, 7) is 2.14. The van der Waals surface area contributed by atoms with E-state index in [0.717, 1.165) is 17.1 Å². The number of carboxylic acids is 1. The van der Waals surface area contributed by atoms with Crippen molar-refractivity contribution >= 4 is 23.6 Å². The highest BCUT2D eigenvalue weighted by Gasteiger charge is 2.15. The Hall–Kier alpha value is -1.69. The fourth-order valence-corrected chi connectivity index (χ4v) is 2.43. The fraction of sp³-hybridized carbons (Fsp3) is 0.429. The maximum atomic E-state index is 12.0. The van der Waals surface area contributed by atoms with Crippen LogP contribution in [0.15, 0.2) is 29.2 Å². The molecular formula is C14H19NO4S. The van der Waals surface area contributed by atoms with Crippen molar-refractivity contribution in [1.29, 1.82) is 0 Å². The highest BCUT2D eigenvalue weighted by atomic mass is 32.2. The smallest absolute Gasteiger partial charge is 0.323 e. The fourth-order valence-electron chi connectivity index (χ4n) is 1.63. The minimum atomic E-state index is -0.985. The summed E-state index contributed by atoms with van der Waals surface area (Å²) in [4.78, 5) is 25.0. The first-order valence-corrected chi connectivity index (χ1v) is 7.31. The number of benzene rings is 1. The van der Waals surface area contributed by atoms with Gasteiger partial charge in [-0.3, -0.25) is 9.59 Å². The molecule has 1 aromatic rings. The Morgan fingerprint density at radius 3 is 2.45 bits per heavy atom. The Morgan fingerprint density at radius 1 is 1.30 bits per heavy atom. The van der Waals surface area contributed by atoms with Crippen LogP contribution in [0.3, 0.4) is 0 Å². The summed E-state index contributed by atoms with van der Waals surface area (Å²) in [5.41, 5.74) is 0. The lowest BCUT2D eigenvalue weighted by Gasteiger charge is -2.19. The third kappa shape index (κ3) is 5.52. The van der Waals surface area contributed by atoms with Crippen LogP contribution in [0.4, 0.5) is 0 Å². The van der Waals surface area contributed by atoms with Crippen LogP contribution < -0.4 is 4.74 Å². The molecule has 0 bridgehead atoms. The van der Waals surface area contributed by atoms with Crippen LogP contribution in [-0.2, 0) is 9.59 Å². The molecule has 0 unspecified atom stereocenters. The van der Waals surface area contributed by atoms with E-state index in [4.69, 9.17) is 9.84 Å². The van der Waals surface area contributed by atoms with Gasteiger partial charge in [0.15, 0.2) is 0 Å². The molecule has 0 heterocycles. The number of hydrogen-bond acceptors (Lipinski definition) is 4. The van der Waals surface area contributed by atoms with Gasteiger partial charge in [-0.25, -0.2) is 0 Å². The van der Waals surface area contributed by atoms with E-state index in [1.54, 1.807) is 7.11 Å². The van der Waals surface area contributed by atoms with Crippen LogP contribution in [0.1, 0.15) is 13.3 Å². The summed E-state index contributed by atoms with van der Waals surface area (Å²) in [6.07, 6.45) is 0.742. The summed E-state index contributed by atoms with van der Waals surface area (Å²) in [5, 5.41) is 8.79. The number of methoxy groups -OCH3 is 1. The number of thioether (sulfide) groups is 1. The zero-order valence-corrected chi connectivity index (χ0v) is 12.5. The Balaban J connectivity index is 2.52. The van der Waals surface area contributed by atoms with E-state index in [1.165, 1.54) is 16.7 Å². The first kappa shape index (κ1) is 16.4. The monoisotopic (exact) mass is 297 g/mol. The predicted molar refractivity (Wildman–Crippen MR) is 78.2 cm³/mol. The third-order valence-electron chi connectivity index (χ3n) is 2.59. The van der Waals surface area contributed by atoms with Crippen molar-refractivity contribution < 1.29 is 19.4 Å². The highest BCUT2D eigenvalue weighted by Crippen LogP contribution is 2.21. The summed E-state index contributed by atoms with van der Waals surface area (Å²) in [7, 11) is 1.60. The van der Waals surface area contributed by atoms with Crippen molar-refractivity contribution in [2.24, 2.45) is 0 Å². The van der Waals surface area contributed by atoms with E-state index >= 15 is 0 Å². The second kappa shape index (κ2) is 8.47. The minimum Gasteiger partial charge on any atom is -0.497 e. The summed E-state index contributed by atoms with van der Waals surface area (Å²) >= 11 is 1.39. The molecule has 1 amide bonds. The third-order valence-corrected chi connectivity index (χ3v) is 3.59. The molecule has 0 aliphatic heterocycles. The van der Waals surface area contributed by atoms with Gasteiger partial charge in [0.25, 0.3) is 0 Å². The Bertz CT molecular complexity index is 447. The average molecular weight is 297 g/mol. The minimum absolute atomic E-state index is 0.157. The number of ether oxygens (including phenoxy) is 1. The van der Waals surface area contributed by atoms with Crippen molar-refractivity contribution in [2.45, 2.75) is 18.2 Å². The number of carbonyl (C=O) groups excluding carboxylic acids is 1. The number of nitrogens with zero attached hydrogens (tertiary/aromatic N) is 1. The van der Waals surface area contributed by atoms with Gasteiger partial charge in [-0.15, -0.1) is 11.8 Å². The number of aliphatic carboxylic acids is 1. The van der Waals surface area contributed by atoms with Gasteiger partial charge in [0, 0.05) is 11.4 Å². The van der Waals surface area contributed by atoms with E-state index in [2.05, 4.69) is 0 Å². The molecule has 0 saturated carbocycles. The molecular weight excluding hydrogens is 278 g/mol. The topological polar surface area (TPSA) is 66.8 Å². The van der Waals surface area contributed by atoms with Crippen LogP contribution in [0, 0.1) is 0 Å². The number of rotatable bonds is 8. The van der Waals surface area contributed by atoms with Gasteiger partial charge >= 0.3 is 5.97 Å². The molecule has 110 valence electrons. The van der Waals surface area contributed by atoms with E-state index in [1.807, 2.05) is 31.2 Å². The van der Waals surface area contributed by atoms with Crippen molar-refractivity contribution in [3.63, 3.8) is 0 Å². The first-order valence-electron chi connectivity index (χ1n) is 6.33. The lowest BCUT2D eigenvalue weighted by atomic mass is 10.3. The Labute approximate surface area is 122 Å². The van der Waals surface area contributed by atoms with Crippen LogP contribution >= 0.6 is 11.8 Å². The second-order valence-corrected chi connectivity index (χ2v) is 5.22. The highest BCUT2D eigenvalue weighted by molar-refractivity contribution is 8.00. The summed E-state index contributed by atoms with van der Waals surface area (Å²) in [5.74, 6) is -0.143. The molecule has 0 atom stereocenters. The van der Waals surface area contributed by atoms with E-state index in [0.29, 0.717) is 6.54 Å². The van der Waals surface area contributed by atoms with Gasteiger partial charge in [-0.1, -0.05) is 6.92 Å². The van der Waals surface area contributed by atoms with E-state index < -0.39 is 5.97 Å². The van der Waals surface area contributed by atoms with Crippen LogP contribution in [0.2, 0.25) is 0 Å². The van der Waals surface area contributed by atoms with E-state index in [-0.39, 0.29) is 18.2 Å². The average Bonchev–Trinajstić information content (AvgIpc) is 2.44. The standard InChI is InChI=1S/C14H19NO4S/c1-3-8-15(9-14(17)18)13(16)10-20-12-6-4-11(19-2)5-7-12/h4-7H,3,8-10H2,1-2H3,(H,17,18). The molecule has 0 fully saturated rings. The molecule has 20 heavy (non-hydrogen) atoms. The van der Waals surface area contributed by atoms with Gasteiger partial charge in [-0.2, -0.15) is 0 Å². The lowest BCUT2D eigenvalue weighted by Crippen LogP contribution is -2.37. The first-order chi connectivity index (χ1) is 9.56. The molecule has 6 heteroatoms. The Kier molecular flexibility index (Phi) is 6.93. The normalized spacial score (nSPS) is 10.1. The maximum Gasteiger partial charge on any atom is 0.323 e. The van der Waals surface area contributed by atoms with Gasteiger partial charge in [0.05, 0.1) is 12.9 Å². The van der Waals surface area contributed by atoms with Crippen molar-refractivity contribution in [3.8, 4) is 5.75 Å². The SMILES string of the molecule is CCCN(CC(=O)O)C(=O)CSc1ccc(OC)cc1. The zero-order chi connectivity index (χ0) is 15.0. The summed E-state index contributed by atoms with van der Waals surface area (Å²) in [6, 6.07) is 7.40. The quantitative estimate of drug-likeness (QED) is 0.744. The lowest BCUT2D eigenvalue weighted by molar-refractivity contribution is -0.143.